The van der Waals surface area contributed by atoms with Gasteiger partial charge >= 0.3 is 0 Å². The van der Waals surface area contributed by atoms with E-state index in [1.54, 1.807) is 29.2 Å². The molecule has 0 atom stereocenters. The Kier molecular flexibility index (Phi) is 7.56. The largest absolute Gasteiger partial charge is 0.366 e. The zero-order valence-electron chi connectivity index (χ0n) is 19.3. The van der Waals surface area contributed by atoms with Gasteiger partial charge in [0.2, 0.25) is 5.91 Å². The molecule has 3 aromatic rings. The van der Waals surface area contributed by atoms with Crippen molar-refractivity contribution in [2.75, 3.05) is 31.5 Å². The molecule has 0 bridgehead atoms. The molecule has 7 heteroatoms. The summed E-state index contributed by atoms with van der Waals surface area (Å²) in [5.41, 5.74) is 8.74. The second-order valence-electron chi connectivity index (χ2n) is 8.31. The Morgan fingerprint density at radius 1 is 0.857 bits per heavy atom. The maximum absolute atomic E-state index is 13.0. The van der Waals surface area contributed by atoms with Gasteiger partial charge in [-0.3, -0.25) is 14.5 Å². The van der Waals surface area contributed by atoms with Crippen molar-refractivity contribution in [1.29, 1.82) is 5.26 Å². The van der Waals surface area contributed by atoms with Gasteiger partial charge in [0.25, 0.3) is 5.91 Å². The third kappa shape index (κ3) is 5.75. The summed E-state index contributed by atoms with van der Waals surface area (Å²) in [6.07, 6.45) is 1.41. The van der Waals surface area contributed by atoms with Crippen LogP contribution in [-0.4, -0.2) is 47.8 Å². The van der Waals surface area contributed by atoms with E-state index in [0.717, 1.165) is 0 Å². The smallest absolute Gasteiger partial charge is 0.266 e. The molecule has 0 aromatic heterocycles. The van der Waals surface area contributed by atoms with Crippen LogP contribution in [0.3, 0.4) is 0 Å². The van der Waals surface area contributed by atoms with Crippen molar-refractivity contribution in [2.45, 2.75) is 6.04 Å². The molecule has 1 aliphatic rings. The normalized spacial score (nSPS) is 14.4. The highest BCUT2D eigenvalue weighted by atomic mass is 16.2. The molecule has 0 saturated carbocycles. The van der Waals surface area contributed by atoms with Crippen molar-refractivity contribution in [3.63, 3.8) is 0 Å². The van der Waals surface area contributed by atoms with Crippen molar-refractivity contribution >= 4 is 17.5 Å². The van der Waals surface area contributed by atoms with Gasteiger partial charge in [0.15, 0.2) is 0 Å². The fraction of sp³-hybridized carbons (Fsp3) is 0.179. The quantitative estimate of drug-likeness (QED) is 0.410. The van der Waals surface area contributed by atoms with Gasteiger partial charge in [-0.25, -0.2) is 0 Å². The van der Waals surface area contributed by atoms with Crippen LogP contribution >= 0.6 is 0 Å². The van der Waals surface area contributed by atoms with Gasteiger partial charge in [-0.05, 0) is 35.4 Å². The number of piperazine rings is 1. The second-order valence-corrected chi connectivity index (χ2v) is 8.31. The number of nitriles is 1. The number of primary amides is 1. The number of carbonyl (C=O) groups is 2. The first kappa shape index (κ1) is 23.7. The first-order chi connectivity index (χ1) is 17.1. The number of nitrogens with zero attached hydrogens (tertiary/aromatic N) is 3. The standard InChI is InChI=1S/C28H27N5O2/c29-19-24(20-31-25-13-11-23(12-14-25)27(30)34)28(35)33-17-15-32(16-18-33)26(21-7-3-1-4-8-21)22-9-5-2-6-10-22/h1-14,20,26,31H,15-18H2,(H2,30,34)/b24-20-. The van der Waals surface area contributed by atoms with Gasteiger partial charge < -0.3 is 16.0 Å². The Morgan fingerprint density at radius 3 is 1.89 bits per heavy atom. The van der Waals surface area contributed by atoms with E-state index in [-0.39, 0.29) is 17.5 Å². The van der Waals surface area contributed by atoms with Crippen molar-refractivity contribution in [3.8, 4) is 6.07 Å². The van der Waals surface area contributed by atoms with Gasteiger partial charge in [-0.2, -0.15) is 5.26 Å². The van der Waals surface area contributed by atoms with E-state index in [1.807, 2.05) is 42.5 Å². The number of hydrogen-bond donors (Lipinski definition) is 2. The van der Waals surface area contributed by atoms with E-state index < -0.39 is 5.91 Å². The van der Waals surface area contributed by atoms with Crippen LogP contribution in [0.1, 0.15) is 27.5 Å². The fourth-order valence-corrected chi connectivity index (χ4v) is 4.27. The van der Waals surface area contributed by atoms with Gasteiger partial charge in [0.1, 0.15) is 11.6 Å². The number of benzene rings is 3. The highest BCUT2D eigenvalue weighted by Crippen LogP contribution is 2.29. The van der Waals surface area contributed by atoms with Crippen LogP contribution in [0, 0.1) is 11.3 Å². The SMILES string of the molecule is N#C/C(=C/Nc1ccc(C(N)=O)cc1)C(=O)N1CCN(C(c2ccccc2)c2ccccc2)CC1. The van der Waals surface area contributed by atoms with Gasteiger partial charge in [-0.1, -0.05) is 60.7 Å². The number of rotatable bonds is 7. The van der Waals surface area contributed by atoms with Crippen molar-refractivity contribution in [1.82, 2.24) is 9.80 Å². The number of carbonyl (C=O) groups excluding carboxylic acids is 2. The molecule has 176 valence electrons. The van der Waals surface area contributed by atoms with Crippen molar-refractivity contribution in [3.05, 3.63) is 113 Å². The van der Waals surface area contributed by atoms with Crippen LogP contribution in [0.15, 0.2) is 96.7 Å². The number of hydrogen-bond acceptors (Lipinski definition) is 5. The minimum Gasteiger partial charge on any atom is -0.366 e. The summed E-state index contributed by atoms with van der Waals surface area (Å²) in [4.78, 5) is 28.3. The summed E-state index contributed by atoms with van der Waals surface area (Å²) in [5.74, 6) is -0.815. The average molecular weight is 466 g/mol. The maximum Gasteiger partial charge on any atom is 0.266 e. The molecule has 1 fully saturated rings. The summed E-state index contributed by atoms with van der Waals surface area (Å²) in [6, 6.07) is 29.3. The monoisotopic (exact) mass is 465 g/mol. The molecule has 0 unspecified atom stereocenters. The minimum absolute atomic E-state index is 0.0279. The lowest BCUT2D eigenvalue weighted by atomic mass is 9.96. The molecule has 7 nitrogen and oxygen atoms in total. The molecule has 0 aliphatic carbocycles. The molecular weight excluding hydrogens is 438 g/mol. The molecule has 0 radical (unpaired) electrons. The predicted molar refractivity (Wildman–Crippen MR) is 135 cm³/mol. The van der Waals surface area contributed by atoms with Crippen LogP contribution in [0.25, 0.3) is 0 Å². The maximum atomic E-state index is 13.0. The van der Waals surface area contributed by atoms with Gasteiger partial charge in [-0.15, -0.1) is 0 Å². The lowest BCUT2D eigenvalue weighted by molar-refractivity contribution is -0.128. The van der Waals surface area contributed by atoms with Crippen LogP contribution in [-0.2, 0) is 4.79 Å². The first-order valence-corrected chi connectivity index (χ1v) is 11.5. The molecule has 4 rings (SSSR count). The van der Waals surface area contributed by atoms with Crippen LogP contribution < -0.4 is 11.1 Å². The molecule has 35 heavy (non-hydrogen) atoms. The third-order valence-electron chi connectivity index (χ3n) is 6.10. The molecule has 1 saturated heterocycles. The second kappa shape index (κ2) is 11.1. The Labute approximate surface area is 205 Å². The Hall–Kier alpha value is -4.41. The summed E-state index contributed by atoms with van der Waals surface area (Å²) in [5, 5.41) is 12.5. The Balaban J connectivity index is 1.42. The van der Waals surface area contributed by atoms with Crippen LogP contribution in [0.4, 0.5) is 5.69 Å². The summed E-state index contributed by atoms with van der Waals surface area (Å²) in [7, 11) is 0. The lowest BCUT2D eigenvalue weighted by Gasteiger charge is -2.39. The number of anilines is 1. The molecule has 1 heterocycles. The zero-order valence-corrected chi connectivity index (χ0v) is 19.3. The van der Waals surface area contributed by atoms with Crippen molar-refractivity contribution in [2.24, 2.45) is 5.73 Å². The van der Waals surface area contributed by atoms with Gasteiger partial charge in [0.05, 0.1) is 6.04 Å². The van der Waals surface area contributed by atoms with Gasteiger partial charge in [0, 0.05) is 43.6 Å². The lowest BCUT2D eigenvalue weighted by Crippen LogP contribution is -2.50. The molecule has 2 amide bonds. The number of nitrogens with one attached hydrogen (secondary N) is 1. The van der Waals surface area contributed by atoms with E-state index in [4.69, 9.17) is 5.73 Å². The highest BCUT2D eigenvalue weighted by molar-refractivity contribution is 5.97. The molecule has 3 aromatic carbocycles. The average Bonchev–Trinajstić information content (AvgIpc) is 2.91. The third-order valence-corrected chi connectivity index (χ3v) is 6.10. The topological polar surface area (TPSA) is 102 Å². The number of amides is 2. The zero-order chi connectivity index (χ0) is 24.6. The van der Waals surface area contributed by atoms with E-state index in [0.29, 0.717) is 37.4 Å². The fourth-order valence-electron chi connectivity index (χ4n) is 4.27. The molecular formula is C28H27N5O2. The van der Waals surface area contributed by atoms with E-state index in [2.05, 4.69) is 34.5 Å². The van der Waals surface area contributed by atoms with Crippen molar-refractivity contribution < 1.29 is 9.59 Å². The summed E-state index contributed by atoms with van der Waals surface area (Å²) < 4.78 is 0. The summed E-state index contributed by atoms with van der Waals surface area (Å²) >= 11 is 0. The van der Waals surface area contributed by atoms with E-state index >= 15 is 0 Å². The molecule has 3 N–H and O–H groups in total. The number of nitrogens with two attached hydrogens (primary N) is 1. The highest BCUT2D eigenvalue weighted by Gasteiger charge is 2.29. The van der Waals surface area contributed by atoms with Crippen LogP contribution in [0.5, 0.6) is 0 Å². The predicted octanol–water partition coefficient (Wildman–Crippen LogP) is 3.54. The first-order valence-electron chi connectivity index (χ1n) is 11.5. The molecule has 1 aliphatic heterocycles. The molecule has 0 spiro atoms. The van der Waals surface area contributed by atoms with E-state index in [1.165, 1.54) is 17.3 Å². The van der Waals surface area contributed by atoms with Crippen LogP contribution in [0.2, 0.25) is 0 Å². The Morgan fingerprint density at radius 2 is 1.40 bits per heavy atom. The summed E-state index contributed by atoms with van der Waals surface area (Å²) in [6.45, 7) is 2.45. The Bertz CT molecular complexity index is 1190. The minimum atomic E-state index is -0.513. The van der Waals surface area contributed by atoms with E-state index in [9.17, 15) is 14.9 Å².